The lowest BCUT2D eigenvalue weighted by Crippen LogP contribution is -2.16. The predicted molar refractivity (Wildman–Crippen MR) is 129 cm³/mol. The normalized spacial score (nSPS) is 19.1. The number of carbonyl (C=O) groups is 1. The highest BCUT2D eigenvalue weighted by Gasteiger charge is 2.46. The Morgan fingerprint density at radius 1 is 1.03 bits per heavy atom. The van der Waals surface area contributed by atoms with E-state index in [1.165, 1.54) is 24.7 Å². The molecular weight excluding hydrogens is 426 g/mol. The van der Waals surface area contributed by atoms with Gasteiger partial charge in [-0.3, -0.25) is 9.78 Å². The number of benzene rings is 1. The molecule has 2 fully saturated rings. The Bertz CT molecular complexity index is 1380. The summed E-state index contributed by atoms with van der Waals surface area (Å²) in [5.41, 5.74) is 4.40. The van der Waals surface area contributed by atoms with Crippen molar-refractivity contribution in [3.63, 3.8) is 0 Å². The van der Waals surface area contributed by atoms with Crippen LogP contribution in [0.4, 0.5) is 11.6 Å². The van der Waals surface area contributed by atoms with Gasteiger partial charge in [0, 0.05) is 47.9 Å². The Kier molecular flexibility index (Phi) is 5.13. The molecule has 170 valence electrons. The maximum Gasteiger partial charge on any atom is 0.229 e. The molecule has 8 nitrogen and oxygen atoms in total. The van der Waals surface area contributed by atoms with Crippen LogP contribution in [0.5, 0.6) is 0 Å². The maximum atomic E-state index is 12.7. The predicted octanol–water partition coefficient (Wildman–Crippen LogP) is 4.35. The molecule has 3 heterocycles. The van der Waals surface area contributed by atoms with Crippen molar-refractivity contribution in [3.8, 4) is 0 Å². The van der Waals surface area contributed by atoms with Gasteiger partial charge >= 0.3 is 0 Å². The molecule has 2 aliphatic rings. The van der Waals surface area contributed by atoms with E-state index in [9.17, 15) is 4.79 Å². The molecule has 2 unspecified atom stereocenters. The second-order valence-corrected chi connectivity index (χ2v) is 9.21. The van der Waals surface area contributed by atoms with Crippen molar-refractivity contribution in [2.75, 3.05) is 10.6 Å². The van der Waals surface area contributed by atoms with Crippen LogP contribution in [-0.2, 0) is 11.3 Å². The van der Waals surface area contributed by atoms with Crippen LogP contribution in [0.3, 0.4) is 0 Å². The van der Waals surface area contributed by atoms with Gasteiger partial charge in [0.05, 0.1) is 5.52 Å². The van der Waals surface area contributed by atoms with Crippen LogP contribution in [0.2, 0.25) is 0 Å². The van der Waals surface area contributed by atoms with Gasteiger partial charge in [-0.15, -0.1) is 0 Å². The molecule has 1 amide bonds. The lowest BCUT2D eigenvalue weighted by Gasteiger charge is -2.09. The van der Waals surface area contributed by atoms with Crippen molar-refractivity contribution < 1.29 is 4.79 Å². The number of hydrogen-bond donors (Lipinski definition) is 2. The van der Waals surface area contributed by atoms with Gasteiger partial charge < -0.3 is 10.6 Å². The molecule has 2 atom stereocenters. The number of hydrogen-bond acceptors (Lipinski definition) is 7. The number of carbonyl (C=O) groups excluding carboxylic acids is 1. The van der Waals surface area contributed by atoms with E-state index >= 15 is 0 Å². The van der Waals surface area contributed by atoms with E-state index in [2.05, 4.69) is 59.8 Å². The number of pyridine rings is 1. The summed E-state index contributed by atoms with van der Waals surface area (Å²) in [7, 11) is 0. The number of rotatable bonds is 7. The first-order valence-corrected chi connectivity index (χ1v) is 11.7. The van der Waals surface area contributed by atoms with E-state index in [0.29, 0.717) is 24.1 Å². The first-order chi connectivity index (χ1) is 16.6. The Morgan fingerprint density at radius 2 is 1.91 bits per heavy atom. The Hall–Kier alpha value is -3.94. The zero-order valence-electron chi connectivity index (χ0n) is 18.9. The van der Waals surface area contributed by atoms with Crippen LogP contribution in [0.15, 0.2) is 55.1 Å². The Morgan fingerprint density at radius 3 is 2.76 bits per heavy atom. The Balaban J connectivity index is 1.09. The zero-order chi connectivity index (χ0) is 23.1. The first-order valence-electron chi connectivity index (χ1n) is 11.7. The summed E-state index contributed by atoms with van der Waals surface area (Å²) in [5.74, 6) is 2.44. The van der Waals surface area contributed by atoms with Crippen LogP contribution < -0.4 is 10.6 Å². The van der Waals surface area contributed by atoms with Gasteiger partial charge in [0.25, 0.3) is 0 Å². The van der Waals surface area contributed by atoms with Crippen LogP contribution >= 0.6 is 0 Å². The molecule has 6 rings (SSSR count). The fourth-order valence-electron chi connectivity index (χ4n) is 4.30. The number of aryl methyl sites for hydroxylation is 1. The van der Waals surface area contributed by atoms with Crippen molar-refractivity contribution in [3.05, 3.63) is 77.8 Å². The third-order valence-corrected chi connectivity index (χ3v) is 6.48. The minimum atomic E-state index is -0.125. The summed E-state index contributed by atoms with van der Waals surface area (Å²) in [6, 6.07) is 12.2. The molecule has 34 heavy (non-hydrogen) atoms. The van der Waals surface area contributed by atoms with Gasteiger partial charge in [0.2, 0.25) is 5.91 Å². The molecule has 2 N–H and O–H groups in total. The van der Waals surface area contributed by atoms with Crippen LogP contribution in [0.25, 0.3) is 10.9 Å². The first kappa shape index (κ1) is 20.7. The monoisotopic (exact) mass is 451 g/mol. The number of aromatic nitrogens is 5. The van der Waals surface area contributed by atoms with Gasteiger partial charge in [0.1, 0.15) is 23.8 Å². The fraction of sp³-hybridized carbons (Fsp3) is 0.308. The van der Waals surface area contributed by atoms with Crippen molar-refractivity contribution in [1.29, 1.82) is 0 Å². The van der Waals surface area contributed by atoms with Gasteiger partial charge in [-0.2, -0.15) is 0 Å². The second-order valence-electron chi connectivity index (χ2n) is 9.21. The molecule has 2 aliphatic carbocycles. The SMILES string of the molecule is Cc1ccnc(C2CC2C(=O)Nc2cc(NCc3ccc4ncc(C5CC5)cc4c3)ncn2)n1. The van der Waals surface area contributed by atoms with E-state index in [1.54, 1.807) is 12.3 Å². The van der Waals surface area contributed by atoms with Crippen LogP contribution in [0, 0.1) is 12.8 Å². The molecule has 8 heteroatoms. The lowest BCUT2D eigenvalue weighted by molar-refractivity contribution is -0.117. The highest BCUT2D eigenvalue weighted by Crippen LogP contribution is 2.46. The molecular formula is C26H25N7O. The number of amides is 1. The number of nitrogens with zero attached hydrogens (tertiary/aromatic N) is 5. The average Bonchev–Trinajstić information content (AvgIpc) is 3.76. The second kappa shape index (κ2) is 8.44. The van der Waals surface area contributed by atoms with E-state index in [1.807, 2.05) is 19.2 Å². The minimum Gasteiger partial charge on any atom is -0.366 e. The summed E-state index contributed by atoms with van der Waals surface area (Å²) < 4.78 is 0. The quantitative estimate of drug-likeness (QED) is 0.430. The summed E-state index contributed by atoms with van der Waals surface area (Å²) in [5, 5.41) is 7.40. The maximum absolute atomic E-state index is 12.7. The molecule has 0 radical (unpaired) electrons. The van der Waals surface area contributed by atoms with E-state index < -0.39 is 0 Å². The van der Waals surface area contributed by atoms with Crippen molar-refractivity contribution >= 4 is 28.4 Å². The highest BCUT2D eigenvalue weighted by atomic mass is 16.2. The van der Waals surface area contributed by atoms with Crippen molar-refractivity contribution in [1.82, 2.24) is 24.9 Å². The topological polar surface area (TPSA) is 106 Å². The third-order valence-electron chi connectivity index (χ3n) is 6.48. The standard InChI is InChI=1S/C26H25N7O/c1-15-6-7-27-25(32-15)20-10-21(20)26(34)33-24-11-23(30-14-31-24)29-12-16-2-5-22-18(8-16)9-19(13-28-22)17-3-4-17/h2,5-9,11,13-14,17,20-21H,3-4,10,12H2,1H3,(H2,29,30,31,33,34). The molecule has 0 aliphatic heterocycles. The van der Waals surface area contributed by atoms with Crippen molar-refractivity contribution in [2.45, 2.75) is 44.6 Å². The lowest BCUT2D eigenvalue weighted by atomic mass is 10.1. The highest BCUT2D eigenvalue weighted by molar-refractivity contribution is 5.94. The van der Waals surface area contributed by atoms with Gasteiger partial charge in [-0.05, 0) is 67.5 Å². The number of nitrogens with one attached hydrogen (secondary N) is 2. The summed E-state index contributed by atoms with van der Waals surface area (Å²) >= 11 is 0. The smallest absolute Gasteiger partial charge is 0.229 e. The van der Waals surface area contributed by atoms with Gasteiger partial charge in [0.15, 0.2) is 0 Å². The largest absolute Gasteiger partial charge is 0.366 e. The third kappa shape index (κ3) is 4.44. The molecule has 3 aromatic heterocycles. The molecule has 0 spiro atoms. The number of anilines is 2. The molecule has 1 aromatic carbocycles. The van der Waals surface area contributed by atoms with Gasteiger partial charge in [-0.25, -0.2) is 19.9 Å². The van der Waals surface area contributed by atoms with Crippen molar-refractivity contribution in [2.24, 2.45) is 5.92 Å². The summed E-state index contributed by atoms with van der Waals surface area (Å²) in [6.45, 7) is 2.54. The summed E-state index contributed by atoms with van der Waals surface area (Å²) in [6.07, 6.45) is 8.49. The minimum absolute atomic E-state index is 0.0618. The van der Waals surface area contributed by atoms with Crippen LogP contribution in [0.1, 0.15) is 53.7 Å². The molecule has 2 saturated carbocycles. The zero-order valence-corrected chi connectivity index (χ0v) is 18.9. The molecule has 0 bridgehead atoms. The Labute approximate surface area is 197 Å². The molecule has 4 aromatic rings. The van der Waals surface area contributed by atoms with Gasteiger partial charge in [-0.1, -0.05) is 6.07 Å². The van der Waals surface area contributed by atoms with Crippen LogP contribution in [-0.4, -0.2) is 30.8 Å². The van der Waals surface area contributed by atoms with E-state index in [-0.39, 0.29) is 17.7 Å². The van der Waals surface area contributed by atoms with E-state index in [0.717, 1.165) is 34.4 Å². The molecule has 0 saturated heterocycles. The van der Waals surface area contributed by atoms with E-state index in [4.69, 9.17) is 0 Å². The summed E-state index contributed by atoms with van der Waals surface area (Å²) in [4.78, 5) is 34.5. The number of fused-ring (bicyclic) bond motifs is 1. The fourth-order valence-corrected chi connectivity index (χ4v) is 4.30. The average molecular weight is 452 g/mol.